The molecule has 23 heavy (non-hydrogen) atoms. The van der Waals surface area contributed by atoms with Crippen molar-refractivity contribution in [3.8, 4) is 5.75 Å². The Hall–Kier alpha value is -1.95. The molecule has 6 nitrogen and oxygen atoms in total. The Morgan fingerprint density at radius 2 is 2.04 bits per heavy atom. The molecule has 0 saturated heterocycles. The molecule has 0 aliphatic heterocycles. The average Bonchev–Trinajstić information content (AvgIpc) is 2.44. The van der Waals surface area contributed by atoms with Crippen LogP contribution >= 0.6 is 11.6 Å². The number of benzene rings is 1. The number of halogens is 1. The highest BCUT2D eigenvalue weighted by Crippen LogP contribution is 2.27. The molecular formula is C16H23ClN2O4. The van der Waals surface area contributed by atoms with Crippen molar-refractivity contribution in [3.63, 3.8) is 0 Å². The molecule has 0 fully saturated rings. The van der Waals surface area contributed by atoms with E-state index in [1.54, 1.807) is 32.0 Å². The van der Waals surface area contributed by atoms with Crippen LogP contribution in [0.15, 0.2) is 18.2 Å². The number of aliphatic carboxylic acids is 1. The molecule has 2 amide bonds. The van der Waals surface area contributed by atoms with E-state index in [1.165, 1.54) is 0 Å². The maximum Gasteiger partial charge on any atom is 0.319 e. The van der Waals surface area contributed by atoms with Gasteiger partial charge in [0.05, 0.1) is 11.6 Å². The molecule has 0 heterocycles. The molecule has 1 aromatic rings. The average molecular weight is 343 g/mol. The van der Waals surface area contributed by atoms with Crippen molar-refractivity contribution in [1.82, 2.24) is 5.32 Å². The van der Waals surface area contributed by atoms with E-state index in [1.807, 2.05) is 6.92 Å². The van der Waals surface area contributed by atoms with E-state index in [9.17, 15) is 9.59 Å². The SMILES string of the molecule is CCCOc1ccc(NC(=O)NC(C)(C)CCC(=O)O)cc1Cl. The summed E-state index contributed by atoms with van der Waals surface area (Å²) in [7, 11) is 0. The summed E-state index contributed by atoms with van der Waals surface area (Å²) in [5.74, 6) is -0.323. The predicted octanol–water partition coefficient (Wildman–Crippen LogP) is 3.89. The van der Waals surface area contributed by atoms with E-state index >= 15 is 0 Å². The molecule has 128 valence electrons. The van der Waals surface area contributed by atoms with Crippen LogP contribution in [0.3, 0.4) is 0 Å². The lowest BCUT2D eigenvalue weighted by atomic mass is 9.99. The number of carboxylic acids is 1. The van der Waals surface area contributed by atoms with Crippen LogP contribution in [0.2, 0.25) is 5.02 Å². The molecule has 0 aliphatic rings. The number of amides is 2. The number of nitrogens with one attached hydrogen (secondary N) is 2. The van der Waals surface area contributed by atoms with Gasteiger partial charge in [-0.1, -0.05) is 18.5 Å². The summed E-state index contributed by atoms with van der Waals surface area (Å²) in [4.78, 5) is 22.6. The van der Waals surface area contributed by atoms with Gasteiger partial charge in [0, 0.05) is 17.6 Å². The molecule has 0 spiro atoms. The van der Waals surface area contributed by atoms with Crippen molar-refractivity contribution in [2.24, 2.45) is 0 Å². The molecular weight excluding hydrogens is 320 g/mol. The zero-order valence-electron chi connectivity index (χ0n) is 13.6. The fraction of sp³-hybridized carbons (Fsp3) is 0.500. The van der Waals surface area contributed by atoms with Gasteiger partial charge in [0.2, 0.25) is 0 Å². The highest BCUT2D eigenvalue weighted by atomic mass is 35.5. The molecule has 0 aromatic heterocycles. The van der Waals surface area contributed by atoms with Crippen LogP contribution in [-0.4, -0.2) is 29.3 Å². The van der Waals surface area contributed by atoms with E-state index in [2.05, 4.69) is 10.6 Å². The topological polar surface area (TPSA) is 87.7 Å². The summed E-state index contributed by atoms with van der Waals surface area (Å²) >= 11 is 6.10. The van der Waals surface area contributed by atoms with Crippen molar-refractivity contribution < 1.29 is 19.4 Å². The monoisotopic (exact) mass is 342 g/mol. The second-order valence-electron chi connectivity index (χ2n) is 5.85. The van der Waals surface area contributed by atoms with Crippen LogP contribution < -0.4 is 15.4 Å². The first-order valence-electron chi connectivity index (χ1n) is 7.47. The minimum absolute atomic E-state index is 0.0113. The van der Waals surface area contributed by atoms with E-state index < -0.39 is 17.5 Å². The number of hydrogen-bond donors (Lipinski definition) is 3. The molecule has 0 radical (unpaired) electrons. The summed E-state index contributed by atoms with van der Waals surface area (Å²) in [5.41, 5.74) is -0.0958. The lowest BCUT2D eigenvalue weighted by Crippen LogP contribution is -2.45. The zero-order valence-corrected chi connectivity index (χ0v) is 14.4. The summed E-state index contributed by atoms with van der Waals surface area (Å²) in [5, 5.41) is 14.5. The van der Waals surface area contributed by atoms with E-state index in [-0.39, 0.29) is 6.42 Å². The predicted molar refractivity (Wildman–Crippen MR) is 90.3 cm³/mol. The van der Waals surface area contributed by atoms with E-state index in [0.29, 0.717) is 29.5 Å². The van der Waals surface area contributed by atoms with Gasteiger partial charge >= 0.3 is 12.0 Å². The third-order valence-electron chi connectivity index (χ3n) is 3.07. The first kappa shape index (κ1) is 19.1. The molecule has 3 N–H and O–H groups in total. The minimum Gasteiger partial charge on any atom is -0.492 e. The molecule has 0 bridgehead atoms. The third kappa shape index (κ3) is 7.23. The standard InChI is InChI=1S/C16H23ClN2O4/c1-4-9-23-13-6-5-11(10-12(13)17)18-15(22)19-16(2,3)8-7-14(20)21/h5-6,10H,4,7-9H2,1-3H3,(H,20,21)(H2,18,19,22). The highest BCUT2D eigenvalue weighted by molar-refractivity contribution is 6.32. The molecule has 1 aromatic carbocycles. The number of carbonyl (C=O) groups is 2. The van der Waals surface area contributed by atoms with Crippen LogP contribution in [0.5, 0.6) is 5.75 Å². The smallest absolute Gasteiger partial charge is 0.319 e. The minimum atomic E-state index is -0.894. The van der Waals surface area contributed by atoms with Crippen LogP contribution in [-0.2, 0) is 4.79 Å². The number of urea groups is 1. The second-order valence-corrected chi connectivity index (χ2v) is 6.26. The van der Waals surface area contributed by atoms with Gasteiger partial charge < -0.3 is 20.5 Å². The Morgan fingerprint density at radius 3 is 2.61 bits per heavy atom. The van der Waals surface area contributed by atoms with Gasteiger partial charge in [0.25, 0.3) is 0 Å². The normalized spacial score (nSPS) is 11.0. The van der Waals surface area contributed by atoms with Gasteiger partial charge in [-0.25, -0.2) is 4.79 Å². The number of carboxylic acid groups (broad SMARTS) is 1. The molecule has 1 rings (SSSR count). The highest BCUT2D eigenvalue weighted by Gasteiger charge is 2.21. The lowest BCUT2D eigenvalue weighted by molar-refractivity contribution is -0.137. The Bertz CT molecular complexity index is 561. The Morgan fingerprint density at radius 1 is 1.35 bits per heavy atom. The Balaban J connectivity index is 2.60. The maximum atomic E-state index is 12.0. The molecule has 0 unspecified atom stereocenters. The van der Waals surface area contributed by atoms with Gasteiger partial charge in [0.15, 0.2) is 0 Å². The van der Waals surface area contributed by atoms with Gasteiger partial charge in [-0.15, -0.1) is 0 Å². The van der Waals surface area contributed by atoms with Crippen molar-refractivity contribution >= 4 is 29.3 Å². The first-order chi connectivity index (χ1) is 10.7. The van der Waals surface area contributed by atoms with Crippen LogP contribution in [0.25, 0.3) is 0 Å². The fourth-order valence-electron chi connectivity index (χ4n) is 1.86. The summed E-state index contributed by atoms with van der Waals surface area (Å²) in [6.07, 6.45) is 1.20. The van der Waals surface area contributed by atoms with Crippen molar-refractivity contribution in [2.75, 3.05) is 11.9 Å². The third-order valence-corrected chi connectivity index (χ3v) is 3.36. The molecule has 0 atom stereocenters. The first-order valence-corrected chi connectivity index (χ1v) is 7.84. The van der Waals surface area contributed by atoms with Crippen molar-refractivity contribution in [2.45, 2.75) is 45.6 Å². The number of carbonyl (C=O) groups excluding carboxylic acids is 1. The number of anilines is 1. The largest absolute Gasteiger partial charge is 0.492 e. The van der Waals surface area contributed by atoms with Gasteiger partial charge in [-0.2, -0.15) is 0 Å². The Labute approximate surface area is 141 Å². The van der Waals surface area contributed by atoms with Gasteiger partial charge in [-0.3, -0.25) is 4.79 Å². The van der Waals surface area contributed by atoms with E-state index in [0.717, 1.165) is 6.42 Å². The van der Waals surface area contributed by atoms with E-state index in [4.69, 9.17) is 21.4 Å². The number of hydrogen-bond acceptors (Lipinski definition) is 3. The zero-order chi connectivity index (χ0) is 17.5. The Kier molecular flexibility index (Phi) is 7.16. The summed E-state index contributed by atoms with van der Waals surface area (Å²) in [6, 6.07) is 4.58. The van der Waals surface area contributed by atoms with Gasteiger partial charge in [0.1, 0.15) is 5.75 Å². The number of ether oxygens (including phenoxy) is 1. The molecule has 0 aliphatic carbocycles. The quantitative estimate of drug-likeness (QED) is 0.668. The maximum absolute atomic E-state index is 12.0. The second kappa shape index (κ2) is 8.62. The van der Waals surface area contributed by atoms with Crippen LogP contribution in [0.4, 0.5) is 10.5 Å². The summed E-state index contributed by atoms with van der Waals surface area (Å²) in [6.45, 7) is 6.11. The van der Waals surface area contributed by atoms with Gasteiger partial charge in [-0.05, 0) is 44.9 Å². The van der Waals surface area contributed by atoms with Crippen LogP contribution in [0, 0.1) is 0 Å². The summed E-state index contributed by atoms with van der Waals surface area (Å²) < 4.78 is 5.46. The molecule has 7 heteroatoms. The van der Waals surface area contributed by atoms with Crippen molar-refractivity contribution in [1.29, 1.82) is 0 Å². The fourth-order valence-corrected chi connectivity index (χ4v) is 2.09. The lowest BCUT2D eigenvalue weighted by Gasteiger charge is -2.25. The van der Waals surface area contributed by atoms with Crippen LogP contribution in [0.1, 0.15) is 40.0 Å². The molecule has 0 saturated carbocycles. The number of rotatable bonds is 8. The van der Waals surface area contributed by atoms with Crippen molar-refractivity contribution in [3.05, 3.63) is 23.2 Å².